The molecule has 0 saturated carbocycles. The van der Waals surface area contributed by atoms with Crippen LogP contribution >= 0.6 is 11.6 Å². The van der Waals surface area contributed by atoms with Gasteiger partial charge >= 0.3 is 0 Å². The van der Waals surface area contributed by atoms with Gasteiger partial charge in [0.1, 0.15) is 29.8 Å². The van der Waals surface area contributed by atoms with Crippen LogP contribution in [0.3, 0.4) is 0 Å². The predicted octanol–water partition coefficient (Wildman–Crippen LogP) is 4.56. The van der Waals surface area contributed by atoms with Gasteiger partial charge in [0.05, 0.1) is 10.5 Å². The summed E-state index contributed by atoms with van der Waals surface area (Å²) in [5, 5.41) is 3.98. The van der Waals surface area contributed by atoms with Crippen molar-refractivity contribution >= 4 is 39.9 Å². The van der Waals surface area contributed by atoms with E-state index >= 15 is 0 Å². The van der Waals surface area contributed by atoms with Gasteiger partial charge in [-0.1, -0.05) is 11.6 Å². The van der Waals surface area contributed by atoms with Crippen molar-refractivity contribution in [3.8, 4) is 5.75 Å². The average Bonchev–Trinajstić information content (AvgIpc) is 2.71. The number of amides is 1. The fourth-order valence-corrected chi connectivity index (χ4v) is 3.58. The number of hydrogen-bond donors (Lipinski definition) is 1. The smallest absolute Gasteiger partial charge is 0.219 e. The summed E-state index contributed by atoms with van der Waals surface area (Å²) >= 11 is 5.87. The number of nitrogens with one attached hydrogen (secondary N) is 1. The third kappa shape index (κ3) is 4.40. The molecule has 8 heteroatoms. The molecule has 1 aromatic heterocycles. The first-order valence-corrected chi connectivity index (χ1v) is 9.76. The van der Waals surface area contributed by atoms with Crippen molar-refractivity contribution in [3.63, 3.8) is 0 Å². The summed E-state index contributed by atoms with van der Waals surface area (Å²) in [4.78, 5) is 21.9. The zero-order valence-electron chi connectivity index (χ0n) is 15.9. The Morgan fingerprint density at radius 3 is 2.72 bits per heavy atom. The molecule has 1 amide bonds. The molecule has 2 heterocycles. The van der Waals surface area contributed by atoms with Crippen molar-refractivity contribution in [2.24, 2.45) is 0 Å². The van der Waals surface area contributed by atoms with Gasteiger partial charge in [-0.15, -0.1) is 0 Å². The molecular weight excluding hydrogens is 395 g/mol. The van der Waals surface area contributed by atoms with Gasteiger partial charge in [-0.2, -0.15) is 0 Å². The lowest BCUT2D eigenvalue weighted by Gasteiger charge is -2.31. The molecule has 0 bridgehead atoms. The van der Waals surface area contributed by atoms with Crippen molar-refractivity contribution in [1.82, 2.24) is 14.9 Å². The van der Waals surface area contributed by atoms with E-state index in [4.69, 9.17) is 16.3 Å². The Hall–Kier alpha value is -2.93. The molecule has 6 nitrogen and oxygen atoms in total. The molecule has 2 aromatic carbocycles. The number of fused-ring (bicyclic) bond motifs is 1. The maximum absolute atomic E-state index is 13.4. The number of likely N-dealkylation sites (tertiary alicyclic amines) is 1. The van der Waals surface area contributed by atoms with Crippen molar-refractivity contribution in [3.05, 3.63) is 53.6 Å². The number of halogens is 2. The summed E-state index contributed by atoms with van der Waals surface area (Å²) in [5.74, 6) is 0.919. The first-order valence-electron chi connectivity index (χ1n) is 9.38. The van der Waals surface area contributed by atoms with Crippen molar-refractivity contribution in [2.45, 2.75) is 25.9 Å². The Bertz CT molecular complexity index is 1050. The molecule has 0 radical (unpaired) electrons. The highest BCUT2D eigenvalue weighted by Gasteiger charge is 2.22. The largest absolute Gasteiger partial charge is 0.490 e. The molecule has 1 saturated heterocycles. The summed E-state index contributed by atoms with van der Waals surface area (Å²) in [6, 6.07) is 10.0. The molecule has 0 unspecified atom stereocenters. The molecule has 1 N–H and O–H groups in total. The van der Waals surface area contributed by atoms with E-state index in [1.54, 1.807) is 13.0 Å². The van der Waals surface area contributed by atoms with Gasteiger partial charge in [-0.25, -0.2) is 14.4 Å². The van der Waals surface area contributed by atoms with E-state index in [1.807, 2.05) is 23.1 Å². The molecular formula is C21H20ClFN4O2. The van der Waals surface area contributed by atoms with Crippen LogP contribution in [0.1, 0.15) is 19.8 Å². The van der Waals surface area contributed by atoms with Gasteiger partial charge in [0, 0.05) is 43.9 Å². The summed E-state index contributed by atoms with van der Waals surface area (Å²) in [6.07, 6.45) is 3.11. The Kier molecular flexibility index (Phi) is 5.49. The molecule has 0 spiro atoms. The third-order valence-corrected chi connectivity index (χ3v) is 5.27. The maximum atomic E-state index is 13.4. The number of ether oxygens (including phenoxy) is 1. The second-order valence-electron chi connectivity index (χ2n) is 6.98. The van der Waals surface area contributed by atoms with Crippen molar-refractivity contribution in [2.75, 3.05) is 18.4 Å². The first kappa shape index (κ1) is 19.4. The lowest BCUT2D eigenvalue weighted by atomic mass is 10.1. The number of benzene rings is 2. The Labute approximate surface area is 172 Å². The summed E-state index contributed by atoms with van der Waals surface area (Å²) in [7, 11) is 0. The molecule has 29 heavy (non-hydrogen) atoms. The summed E-state index contributed by atoms with van der Waals surface area (Å²) < 4.78 is 19.6. The van der Waals surface area contributed by atoms with E-state index in [2.05, 4.69) is 15.3 Å². The average molecular weight is 415 g/mol. The van der Waals surface area contributed by atoms with Crippen LogP contribution in [0.2, 0.25) is 5.02 Å². The molecule has 0 atom stereocenters. The highest BCUT2D eigenvalue weighted by atomic mass is 35.5. The topological polar surface area (TPSA) is 67.4 Å². The Morgan fingerprint density at radius 2 is 2.00 bits per heavy atom. The summed E-state index contributed by atoms with van der Waals surface area (Å²) in [6.45, 7) is 3.00. The second kappa shape index (κ2) is 8.21. The van der Waals surface area contributed by atoms with Crippen molar-refractivity contribution < 1.29 is 13.9 Å². The second-order valence-corrected chi connectivity index (χ2v) is 7.39. The van der Waals surface area contributed by atoms with Gasteiger partial charge in [0.2, 0.25) is 5.91 Å². The van der Waals surface area contributed by atoms with E-state index < -0.39 is 5.82 Å². The minimum Gasteiger partial charge on any atom is -0.490 e. The number of carbonyl (C=O) groups is 1. The van der Waals surface area contributed by atoms with Crippen LogP contribution < -0.4 is 10.1 Å². The number of aromatic nitrogens is 2. The van der Waals surface area contributed by atoms with Crippen LogP contribution in [0.15, 0.2) is 42.7 Å². The van der Waals surface area contributed by atoms with E-state index in [9.17, 15) is 9.18 Å². The Balaban J connectivity index is 1.54. The van der Waals surface area contributed by atoms with Gasteiger partial charge in [0.25, 0.3) is 0 Å². The first-order chi connectivity index (χ1) is 14.0. The van der Waals surface area contributed by atoms with Gasteiger partial charge < -0.3 is 15.0 Å². The van der Waals surface area contributed by atoms with Crippen LogP contribution in [0.4, 0.5) is 15.9 Å². The normalized spacial score (nSPS) is 14.8. The quantitative estimate of drug-likeness (QED) is 0.678. The number of anilines is 2. The monoisotopic (exact) mass is 414 g/mol. The fourth-order valence-electron chi connectivity index (χ4n) is 3.40. The highest BCUT2D eigenvalue weighted by Crippen LogP contribution is 2.29. The number of nitrogens with zero attached hydrogens (tertiary/aromatic N) is 3. The predicted molar refractivity (Wildman–Crippen MR) is 110 cm³/mol. The molecule has 1 aliphatic rings. The van der Waals surface area contributed by atoms with Crippen LogP contribution in [0.5, 0.6) is 5.75 Å². The lowest BCUT2D eigenvalue weighted by Crippen LogP contribution is -2.40. The van der Waals surface area contributed by atoms with E-state index in [0.717, 1.165) is 23.7 Å². The molecule has 0 aliphatic carbocycles. The minimum atomic E-state index is -0.476. The van der Waals surface area contributed by atoms with E-state index in [1.165, 1.54) is 18.5 Å². The van der Waals surface area contributed by atoms with Crippen LogP contribution in [-0.4, -0.2) is 40.0 Å². The van der Waals surface area contributed by atoms with Gasteiger partial charge in [0.15, 0.2) is 0 Å². The SMILES string of the molecule is CC(=O)N1CCC(Oc2ccc3ncnc(Nc4ccc(F)c(Cl)c4)c3c2)CC1. The number of hydrogen-bond acceptors (Lipinski definition) is 5. The fraction of sp³-hybridized carbons (Fsp3) is 0.286. The maximum Gasteiger partial charge on any atom is 0.219 e. The molecule has 3 aromatic rings. The van der Waals surface area contributed by atoms with E-state index in [-0.39, 0.29) is 17.0 Å². The Morgan fingerprint density at radius 1 is 1.21 bits per heavy atom. The standard InChI is InChI=1S/C21H20ClFN4O2/c1-13(28)27-8-6-15(7-9-27)29-16-3-5-20-17(11-16)21(25-12-24-20)26-14-2-4-19(23)18(22)10-14/h2-5,10-12,15H,6-9H2,1H3,(H,24,25,26). The van der Waals surface area contributed by atoms with Crippen molar-refractivity contribution in [1.29, 1.82) is 0 Å². The molecule has 4 rings (SSSR count). The number of rotatable bonds is 4. The number of piperidine rings is 1. The lowest BCUT2D eigenvalue weighted by molar-refractivity contribution is -0.130. The van der Waals surface area contributed by atoms with Crippen LogP contribution in [0.25, 0.3) is 10.9 Å². The zero-order valence-corrected chi connectivity index (χ0v) is 16.6. The van der Waals surface area contributed by atoms with Gasteiger partial charge in [-0.3, -0.25) is 4.79 Å². The van der Waals surface area contributed by atoms with Crippen LogP contribution in [-0.2, 0) is 4.79 Å². The minimum absolute atomic E-state index is 0.0364. The number of carbonyl (C=O) groups excluding carboxylic acids is 1. The van der Waals surface area contributed by atoms with Crippen LogP contribution in [0, 0.1) is 5.82 Å². The molecule has 150 valence electrons. The van der Waals surface area contributed by atoms with Gasteiger partial charge in [-0.05, 0) is 36.4 Å². The highest BCUT2D eigenvalue weighted by molar-refractivity contribution is 6.31. The molecule has 1 aliphatic heterocycles. The third-order valence-electron chi connectivity index (χ3n) is 4.98. The molecule has 1 fully saturated rings. The zero-order chi connectivity index (χ0) is 20.4. The summed E-state index contributed by atoms with van der Waals surface area (Å²) in [5.41, 5.74) is 1.38. The van der Waals surface area contributed by atoms with E-state index in [0.29, 0.717) is 30.3 Å².